The van der Waals surface area contributed by atoms with Crippen LogP contribution in [0.15, 0.2) is 34.9 Å². The van der Waals surface area contributed by atoms with Gasteiger partial charge in [0.25, 0.3) is 0 Å². The Bertz CT molecular complexity index is 551. The Balaban J connectivity index is 2.37. The predicted octanol–water partition coefficient (Wildman–Crippen LogP) is 3.03. The lowest BCUT2D eigenvalue weighted by molar-refractivity contribution is -0.138. The lowest BCUT2D eigenvalue weighted by atomic mass is 10.1. The first kappa shape index (κ1) is 11.9. The number of carboxylic acid groups (broad SMARTS) is 1. The molecule has 0 amide bonds. The molecule has 0 saturated carbocycles. The van der Waals surface area contributed by atoms with Gasteiger partial charge in [-0.15, -0.1) is 0 Å². The summed E-state index contributed by atoms with van der Waals surface area (Å²) in [4.78, 5) is 18.0. The van der Waals surface area contributed by atoms with Gasteiger partial charge in [-0.05, 0) is 13.0 Å². The molecule has 1 atom stereocenters. The van der Waals surface area contributed by atoms with Crippen LogP contribution in [0.5, 0.6) is 0 Å². The van der Waals surface area contributed by atoms with E-state index in [0.717, 1.165) is 15.7 Å². The molecule has 1 heterocycles. The smallest absolute Gasteiger partial charge is 0.313 e. The van der Waals surface area contributed by atoms with Gasteiger partial charge in [0.2, 0.25) is 0 Å². The van der Waals surface area contributed by atoms with Gasteiger partial charge in [0.15, 0.2) is 0 Å². The lowest BCUT2D eigenvalue weighted by Crippen LogP contribution is -2.08. The fourth-order valence-corrected chi connectivity index (χ4v) is 1.99. The molecule has 0 aliphatic carbocycles. The zero-order chi connectivity index (χ0) is 12.4. The van der Waals surface area contributed by atoms with Gasteiger partial charge in [0.1, 0.15) is 11.7 Å². The fraction of sp³-hybridized carbons (Fsp3) is 0.167. The highest BCUT2D eigenvalue weighted by atomic mass is 79.9. The van der Waals surface area contributed by atoms with Gasteiger partial charge in [0.05, 0.1) is 11.9 Å². The van der Waals surface area contributed by atoms with Crippen LogP contribution in [0, 0.1) is 0 Å². The van der Waals surface area contributed by atoms with E-state index >= 15 is 0 Å². The van der Waals surface area contributed by atoms with E-state index in [4.69, 9.17) is 5.11 Å². The Hall–Kier alpha value is -1.62. The number of aromatic amines is 1. The summed E-state index contributed by atoms with van der Waals surface area (Å²) >= 11 is 3.44. The summed E-state index contributed by atoms with van der Waals surface area (Å²) in [5.74, 6) is -1.06. The minimum absolute atomic E-state index is 0.461. The Labute approximate surface area is 107 Å². The molecule has 5 heteroatoms. The molecular weight excluding hydrogens is 284 g/mol. The molecule has 1 aromatic heterocycles. The SMILES string of the molecule is CC(C(=O)O)c1ncc(-c2ccccc2Br)[nH]1. The van der Waals surface area contributed by atoms with Crippen molar-refractivity contribution in [2.45, 2.75) is 12.8 Å². The summed E-state index contributed by atoms with van der Waals surface area (Å²) in [5, 5.41) is 8.90. The molecule has 0 spiro atoms. The molecule has 0 aliphatic heterocycles. The number of H-pyrrole nitrogens is 1. The Morgan fingerprint density at radius 1 is 1.47 bits per heavy atom. The molecule has 1 unspecified atom stereocenters. The van der Waals surface area contributed by atoms with Gasteiger partial charge in [0, 0.05) is 10.0 Å². The maximum absolute atomic E-state index is 10.8. The maximum Gasteiger partial charge on any atom is 0.313 e. The molecule has 1 aromatic carbocycles. The van der Waals surface area contributed by atoms with Crippen molar-refractivity contribution in [1.29, 1.82) is 0 Å². The third-order valence-electron chi connectivity index (χ3n) is 2.54. The molecule has 2 N–H and O–H groups in total. The fourth-order valence-electron chi connectivity index (χ4n) is 1.49. The topological polar surface area (TPSA) is 66.0 Å². The van der Waals surface area contributed by atoms with Gasteiger partial charge in [-0.2, -0.15) is 0 Å². The molecule has 0 aliphatic rings. The van der Waals surface area contributed by atoms with Crippen molar-refractivity contribution in [3.8, 4) is 11.3 Å². The number of rotatable bonds is 3. The van der Waals surface area contributed by atoms with E-state index in [1.54, 1.807) is 13.1 Å². The summed E-state index contributed by atoms with van der Waals surface area (Å²) in [5.41, 5.74) is 1.77. The van der Waals surface area contributed by atoms with Crippen molar-refractivity contribution in [2.24, 2.45) is 0 Å². The van der Waals surface area contributed by atoms with Gasteiger partial charge < -0.3 is 10.1 Å². The number of nitrogens with one attached hydrogen (secondary N) is 1. The molecule has 0 saturated heterocycles. The standard InChI is InChI=1S/C12H11BrN2O2/c1-7(12(16)17)11-14-6-10(15-11)8-4-2-3-5-9(8)13/h2-7H,1H3,(H,14,15)(H,16,17). The van der Waals surface area contributed by atoms with Crippen molar-refractivity contribution >= 4 is 21.9 Å². The number of halogens is 1. The van der Waals surface area contributed by atoms with E-state index in [1.807, 2.05) is 24.3 Å². The van der Waals surface area contributed by atoms with Gasteiger partial charge in [-0.3, -0.25) is 4.79 Å². The average molecular weight is 295 g/mol. The number of carbonyl (C=O) groups is 1. The highest BCUT2D eigenvalue weighted by Gasteiger charge is 2.17. The molecular formula is C12H11BrN2O2. The zero-order valence-electron chi connectivity index (χ0n) is 9.14. The van der Waals surface area contributed by atoms with Crippen LogP contribution in [0.25, 0.3) is 11.3 Å². The van der Waals surface area contributed by atoms with Crippen LogP contribution >= 0.6 is 15.9 Å². The highest BCUT2D eigenvalue weighted by Crippen LogP contribution is 2.27. The van der Waals surface area contributed by atoms with Crippen LogP contribution in [0.4, 0.5) is 0 Å². The third-order valence-corrected chi connectivity index (χ3v) is 3.23. The van der Waals surface area contributed by atoms with Crippen LogP contribution in [-0.2, 0) is 4.79 Å². The molecule has 17 heavy (non-hydrogen) atoms. The number of imidazole rings is 1. The Kier molecular flexibility index (Phi) is 3.28. The summed E-state index contributed by atoms with van der Waals surface area (Å²) in [6.07, 6.45) is 1.65. The number of aromatic nitrogens is 2. The van der Waals surface area contributed by atoms with E-state index in [0.29, 0.717) is 5.82 Å². The van der Waals surface area contributed by atoms with E-state index in [2.05, 4.69) is 25.9 Å². The summed E-state index contributed by atoms with van der Waals surface area (Å²) in [7, 11) is 0. The number of carboxylic acids is 1. The first-order valence-corrected chi connectivity index (χ1v) is 5.91. The minimum atomic E-state index is -0.891. The molecule has 88 valence electrons. The Morgan fingerprint density at radius 2 is 2.18 bits per heavy atom. The normalized spacial score (nSPS) is 12.4. The first-order chi connectivity index (χ1) is 8.09. The first-order valence-electron chi connectivity index (χ1n) is 5.12. The lowest BCUT2D eigenvalue weighted by Gasteiger charge is -2.02. The second-order valence-corrected chi connectivity index (χ2v) is 4.58. The molecule has 0 bridgehead atoms. The number of hydrogen-bond acceptors (Lipinski definition) is 2. The van der Waals surface area contributed by atoms with E-state index in [-0.39, 0.29) is 0 Å². The van der Waals surface area contributed by atoms with Crippen molar-refractivity contribution < 1.29 is 9.90 Å². The Morgan fingerprint density at radius 3 is 2.82 bits per heavy atom. The average Bonchev–Trinajstić information content (AvgIpc) is 2.77. The largest absolute Gasteiger partial charge is 0.481 e. The monoisotopic (exact) mass is 294 g/mol. The summed E-state index contributed by atoms with van der Waals surface area (Å²) < 4.78 is 0.943. The number of benzene rings is 1. The molecule has 2 rings (SSSR count). The number of hydrogen-bond donors (Lipinski definition) is 2. The molecule has 2 aromatic rings. The quantitative estimate of drug-likeness (QED) is 0.914. The third kappa shape index (κ3) is 2.39. The van der Waals surface area contributed by atoms with Crippen molar-refractivity contribution in [1.82, 2.24) is 9.97 Å². The number of nitrogens with zero attached hydrogens (tertiary/aromatic N) is 1. The second-order valence-electron chi connectivity index (χ2n) is 3.72. The molecule has 0 radical (unpaired) electrons. The van der Waals surface area contributed by atoms with Crippen LogP contribution in [0.2, 0.25) is 0 Å². The highest BCUT2D eigenvalue weighted by molar-refractivity contribution is 9.10. The van der Waals surface area contributed by atoms with Crippen LogP contribution in [0.3, 0.4) is 0 Å². The van der Waals surface area contributed by atoms with Crippen molar-refractivity contribution in [3.63, 3.8) is 0 Å². The number of aliphatic carboxylic acids is 1. The van der Waals surface area contributed by atoms with E-state index in [9.17, 15) is 4.79 Å². The van der Waals surface area contributed by atoms with E-state index in [1.165, 1.54) is 0 Å². The van der Waals surface area contributed by atoms with E-state index < -0.39 is 11.9 Å². The second kappa shape index (κ2) is 4.71. The predicted molar refractivity (Wildman–Crippen MR) is 67.8 cm³/mol. The van der Waals surface area contributed by atoms with Gasteiger partial charge in [-0.1, -0.05) is 34.1 Å². The van der Waals surface area contributed by atoms with Gasteiger partial charge in [-0.25, -0.2) is 4.98 Å². The molecule has 4 nitrogen and oxygen atoms in total. The summed E-state index contributed by atoms with van der Waals surface area (Å²) in [6, 6.07) is 7.70. The molecule has 0 fully saturated rings. The summed E-state index contributed by atoms with van der Waals surface area (Å²) in [6.45, 7) is 1.60. The van der Waals surface area contributed by atoms with Crippen LogP contribution in [-0.4, -0.2) is 21.0 Å². The van der Waals surface area contributed by atoms with Crippen LogP contribution in [0.1, 0.15) is 18.7 Å². The minimum Gasteiger partial charge on any atom is -0.481 e. The van der Waals surface area contributed by atoms with Crippen molar-refractivity contribution in [2.75, 3.05) is 0 Å². The van der Waals surface area contributed by atoms with Crippen molar-refractivity contribution in [3.05, 3.63) is 40.8 Å². The van der Waals surface area contributed by atoms with Crippen LogP contribution < -0.4 is 0 Å². The van der Waals surface area contributed by atoms with Gasteiger partial charge >= 0.3 is 5.97 Å². The zero-order valence-corrected chi connectivity index (χ0v) is 10.7. The maximum atomic E-state index is 10.8.